The number of aliphatic imine (C=N–C) groups is 1. The SMILES string of the molecule is COc1c(I)cc(I)cc1C=Nc1c(-c2ccco2)nc2ccc(Br)cn12. The van der Waals surface area contributed by atoms with E-state index in [9.17, 15) is 0 Å². The molecule has 0 atom stereocenters. The first-order chi connectivity index (χ1) is 13.1. The third-order valence-electron chi connectivity index (χ3n) is 3.88. The van der Waals surface area contributed by atoms with Crippen molar-refractivity contribution in [3.05, 3.63) is 66.0 Å². The van der Waals surface area contributed by atoms with E-state index in [-0.39, 0.29) is 0 Å². The molecule has 0 radical (unpaired) electrons. The molecule has 3 aromatic heterocycles. The van der Waals surface area contributed by atoms with Crippen LogP contribution in [0.2, 0.25) is 0 Å². The Bertz CT molecular complexity index is 1150. The number of nitrogens with zero attached hydrogens (tertiary/aromatic N) is 3. The number of fused-ring (bicyclic) bond motifs is 1. The van der Waals surface area contributed by atoms with E-state index in [1.807, 2.05) is 40.9 Å². The number of hydrogen-bond acceptors (Lipinski definition) is 4. The lowest BCUT2D eigenvalue weighted by Crippen LogP contribution is -1.95. The highest BCUT2D eigenvalue weighted by atomic mass is 127. The topological polar surface area (TPSA) is 52.0 Å². The fraction of sp³-hybridized carbons (Fsp3) is 0.0526. The highest BCUT2D eigenvalue weighted by molar-refractivity contribution is 14.1. The predicted molar refractivity (Wildman–Crippen MR) is 126 cm³/mol. The Morgan fingerprint density at radius 1 is 1.26 bits per heavy atom. The molecule has 0 saturated carbocycles. The van der Waals surface area contributed by atoms with Crippen molar-refractivity contribution in [2.45, 2.75) is 0 Å². The summed E-state index contributed by atoms with van der Waals surface area (Å²) >= 11 is 8.08. The molecule has 1 aromatic carbocycles. The average molecular weight is 648 g/mol. The van der Waals surface area contributed by atoms with Gasteiger partial charge < -0.3 is 9.15 Å². The molecule has 0 aliphatic rings. The third kappa shape index (κ3) is 3.79. The van der Waals surface area contributed by atoms with Crippen LogP contribution in [0, 0.1) is 7.14 Å². The second kappa shape index (κ2) is 7.92. The first kappa shape index (κ1) is 18.9. The van der Waals surface area contributed by atoms with Gasteiger partial charge in [0.05, 0.1) is 16.9 Å². The summed E-state index contributed by atoms with van der Waals surface area (Å²) in [7, 11) is 1.67. The fourth-order valence-corrected chi connectivity index (χ4v) is 5.18. The minimum atomic E-state index is 0.672. The molecule has 4 rings (SSSR count). The zero-order chi connectivity index (χ0) is 19.0. The molecule has 0 saturated heterocycles. The molecule has 0 N–H and O–H groups in total. The highest BCUT2D eigenvalue weighted by Crippen LogP contribution is 2.33. The number of imidazole rings is 1. The van der Waals surface area contributed by atoms with E-state index in [1.165, 1.54) is 0 Å². The van der Waals surface area contributed by atoms with E-state index < -0.39 is 0 Å². The molecule has 0 fully saturated rings. The van der Waals surface area contributed by atoms with Gasteiger partial charge in [-0.25, -0.2) is 9.98 Å². The van der Waals surface area contributed by atoms with Gasteiger partial charge in [-0.1, -0.05) is 0 Å². The van der Waals surface area contributed by atoms with Crippen LogP contribution < -0.4 is 4.74 Å². The zero-order valence-electron chi connectivity index (χ0n) is 14.0. The Labute approximate surface area is 191 Å². The first-order valence-corrected chi connectivity index (χ1v) is 10.8. The van der Waals surface area contributed by atoms with Gasteiger partial charge in [0.25, 0.3) is 0 Å². The van der Waals surface area contributed by atoms with Gasteiger partial charge >= 0.3 is 0 Å². The molecule has 5 nitrogen and oxygen atoms in total. The smallest absolute Gasteiger partial charge is 0.168 e. The van der Waals surface area contributed by atoms with E-state index in [0.717, 1.165) is 28.6 Å². The summed E-state index contributed by atoms with van der Waals surface area (Å²) < 4.78 is 16.2. The Hall–Kier alpha value is -1.40. The van der Waals surface area contributed by atoms with E-state index >= 15 is 0 Å². The molecule has 0 unspecified atom stereocenters. The fourth-order valence-electron chi connectivity index (χ4n) is 2.73. The zero-order valence-corrected chi connectivity index (χ0v) is 19.9. The van der Waals surface area contributed by atoms with Gasteiger partial charge in [-0.15, -0.1) is 0 Å². The standard InChI is InChI=1S/C19H12BrI2N3O2/c1-26-18-11(7-13(21)8-14(18)22)9-23-19-17(15-3-2-6-27-15)24-16-5-4-12(20)10-25(16)19/h2-10H,1H3. The van der Waals surface area contributed by atoms with E-state index in [1.54, 1.807) is 19.6 Å². The normalized spacial score (nSPS) is 11.6. The second-order valence-corrected chi connectivity index (χ2v) is 8.93. The first-order valence-electron chi connectivity index (χ1n) is 7.85. The lowest BCUT2D eigenvalue weighted by molar-refractivity contribution is 0.411. The van der Waals surface area contributed by atoms with Crippen LogP contribution in [-0.4, -0.2) is 22.7 Å². The maximum atomic E-state index is 5.57. The number of ether oxygens (including phenoxy) is 1. The summed E-state index contributed by atoms with van der Waals surface area (Å²) in [5.41, 5.74) is 2.39. The third-order valence-corrected chi connectivity index (χ3v) is 5.77. The molecule has 3 heterocycles. The quantitative estimate of drug-likeness (QED) is 0.192. The van der Waals surface area contributed by atoms with Crippen molar-refractivity contribution in [1.82, 2.24) is 9.38 Å². The van der Waals surface area contributed by atoms with Gasteiger partial charge in [0, 0.05) is 26.0 Å². The van der Waals surface area contributed by atoms with E-state index in [0.29, 0.717) is 17.3 Å². The molecule has 0 amide bonds. The van der Waals surface area contributed by atoms with Gasteiger partial charge in [-0.2, -0.15) is 0 Å². The maximum Gasteiger partial charge on any atom is 0.168 e. The molecule has 8 heteroatoms. The molecule has 136 valence electrons. The van der Waals surface area contributed by atoms with Gasteiger partial charge in [-0.05, 0) is 97.5 Å². The minimum absolute atomic E-state index is 0.672. The Kier molecular flexibility index (Phi) is 5.55. The molecule has 27 heavy (non-hydrogen) atoms. The second-order valence-electron chi connectivity index (χ2n) is 5.61. The van der Waals surface area contributed by atoms with Crippen LogP contribution in [0.25, 0.3) is 17.1 Å². The van der Waals surface area contributed by atoms with Gasteiger partial charge in [-0.3, -0.25) is 4.40 Å². The summed E-state index contributed by atoms with van der Waals surface area (Å²) in [5.74, 6) is 2.16. The molecule has 0 spiro atoms. The van der Waals surface area contributed by atoms with Crippen LogP contribution >= 0.6 is 61.1 Å². The lowest BCUT2D eigenvalue weighted by atomic mass is 10.2. The Morgan fingerprint density at radius 3 is 2.85 bits per heavy atom. The number of benzene rings is 1. The summed E-state index contributed by atoms with van der Waals surface area (Å²) in [6.45, 7) is 0. The summed E-state index contributed by atoms with van der Waals surface area (Å²) in [4.78, 5) is 9.45. The van der Waals surface area contributed by atoms with Crippen LogP contribution in [0.1, 0.15) is 5.56 Å². The molecule has 0 aliphatic heterocycles. The summed E-state index contributed by atoms with van der Waals surface area (Å²) in [6.07, 6.45) is 5.38. The van der Waals surface area contributed by atoms with Crippen molar-refractivity contribution in [3.63, 3.8) is 0 Å². The number of furan rings is 1. The minimum Gasteiger partial charge on any atom is -0.495 e. The number of aromatic nitrogens is 2. The molecule has 4 aromatic rings. The van der Waals surface area contributed by atoms with Crippen LogP contribution in [0.4, 0.5) is 5.82 Å². The number of pyridine rings is 1. The van der Waals surface area contributed by atoms with Crippen molar-refractivity contribution in [1.29, 1.82) is 0 Å². The summed E-state index contributed by atoms with van der Waals surface area (Å²) in [5, 5.41) is 0. The predicted octanol–water partition coefficient (Wildman–Crippen LogP) is 6.33. The molecule has 0 aliphatic carbocycles. The van der Waals surface area contributed by atoms with Crippen molar-refractivity contribution >= 4 is 78.8 Å². The van der Waals surface area contributed by atoms with Crippen molar-refractivity contribution < 1.29 is 9.15 Å². The van der Waals surface area contributed by atoms with Crippen LogP contribution in [-0.2, 0) is 0 Å². The molecular weight excluding hydrogens is 636 g/mol. The van der Waals surface area contributed by atoms with Gasteiger partial charge in [0.1, 0.15) is 11.4 Å². The average Bonchev–Trinajstić information content (AvgIpc) is 3.27. The van der Waals surface area contributed by atoms with E-state index in [4.69, 9.17) is 14.1 Å². The molecule has 0 bridgehead atoms. The molecular formula is C19H12BrI2N3O2. The maximum absolute atomic E-state index is 5.57. The van der Waals surface area contributed by atoms with Crippen LogP contribution in [0.3, 0.4) is 0 Å². The van der Waals surface area contributed by atoms with Crippen molar-refractivity contribution in [2.24, 2.45) is 4.99 Å². The number of methoxy groups -OCH3 is 1. The van der Waals surface area contributed by atoms with Gasteiger partial charge in [0.15, 0.2) is 17.3 Å². The van der Waals surface area contributed by atoms with Crippen molar-refractivity contribution in [2.75, 3.05) is 7.11 Å². The van der Waals surface area contributed by atoms with Crippen LogP contribution in [0.5, 0.6) is 5.75 Å². The van der Waals surface area contributed by atoms with Crippen LogP contribution in [0.15, 0.2) is 62.7 Å². The number of halogens is 3. The van der Waals surface area contributed by atoms with E-state index in [2.05, 4.69) is 72.2 Å². The lowest BCUT2D eigenvalue weighted by Gasteiger charge is -2.08. The number of hydrogen-bond donors (Lipinski definition) is 0. The van der Waals surface area contributed by atoms with Crippen molar-refractivity contribution in [3.8, 4) is 17.2 Å². The van der Waals surface area contributed by atoms with Gasteiger partial charge in [0.2, 0.25) is 0 Å². The Balaban J connectivity index is 1.90. The number of rotatable bonds is 4. The summed E-state index contributed by atoms with van der Waals surface area (Å²) in [6, 6.07) is 11.7. The largest absolute Gasteiger partial charge is 0.495 e. The highest BCUT2D eigenvalue weighted by Gasteiger charge is 2.16. The monoisotopic (exact) mass is 647 g/mol. The Morgan fingerprint density at radius 2 is 2.11 bits per heavy atom.